The first kappa shape index (κ1) is 17.7. The van der Waals surface area contributed by atoms with E-state index in [9.17, 15) is 4.79 Å². The van der Waals surface area contributed by atoms with Crippen LogP contribution in [0.5, 0.6) is 11.5 Å². The Bertz CT molecular complexity index is 1000. The largest absolute Gasteiger partial charge is 1.00 e. The van der Waals surface area contributed by atoms with Crippen molar-refractivity contribution in [3.05, 3.63) is 78.1 Å². The lowest BCUT2D eigenvalue weighted by Crippen LogP contribution is -3.00. The Morgan fingerprint density at radius 1 is 0.852 bits per heavy atom. The van der Waals surface area contributed by atoms with E-state index < -0.39 is 0 Å². The molecule has 3 aromatic rings. The predicted octanol–water partition coefficient (Wildman–Crippen LogP) is 0.396. The molecule has 0 saturated heterocycles. The minimum atomic E-state index is -0.161. The van der Waals surface area contributed by atoms with Gasteiger partial charge < -0.3 is 26.5 Å². The fourth-order valence-corrected chi connectivity index (χ4v) is 3.79. The van der Waals surface area contributed by atoms with Gasteiger partial charge in [0.15, 0.2) is 23.9 Å². The average molecular weight is 424 g/mol. The molecule has 5 rings (SSSR count). The fourth-order valence-electron chi connectivity index (χ4n) is 3.79. The zero-order valence-electron chi connectivity index (χ0n) is 14.6. The summed E-state index contributed by atoms with van der Waals surface area (Å²) in [6.07, 6.45) is 4.70. The molecule has 1 aliphatic heterocycles. The van der Waals surface area contributed by atoms with Gasteiger partial charge in [-0.15, -0.1) is 0 Å². The van der Waals surface area contributed by atoms with Gasteiger partial charge >= 0.3 is 0 Å². The normalized spacial score (nSPS) is 17.2. The summed E-state index contributed by atoms with van der Waals surface area (Å²) >= 11 is 0. The summed E-state index contributed by atoms with van der Waals surface area (Å²) in [5.41, 5.74) is 4.03. The number of hydrogen-bond acceptors (Lipinski definition) is 3. The molecule has 0 amide bonds. The van der Waals surface area contributed by atoms with E-state index >= 15 is 0 Å². The van der Waals surface area contributed by atoms with Crippen molar-refractivity contribution in [3.63, 3.8) is 0 Å². The molecule has 1 unspecified atom stereocenters. The standard InChI is InChI=1S/C22H18NO3.BrH/c24-21-17-5-2-1-4-16(17)14-19(21)23-10-8-15(9-11-23)18-6-3-7-20-22(18)26-13-12-25-20;/h1-11,19H,12-14H2;1H/q+1;/p-1. The quantitative estimate of drug-likeness (QED) is 0.560. The van der Waals surface area contributed by atoms with Crippen LogP contribution < -0.4 is 31.0 Å². The van der Waals surface area contributed by atoms with Crippen LogP contribution >= 0.6 is 0 Å². The van der Waals surface area contributed by atoms with Gasteiger partial charge in [0.05, 0.1) is 0 Å². The summed E-state index contributed by atoms with van der Waals surface area (Å²) in [4.78, 5) is 12.7. The molecule has 136 valence electrons. The van der Waals surface area contributed by atoms with Crippen LogP contribution in [0, 0.1) is 0 Å². The maximum Gasteiger partial charge on any atom is 0.231 e. The second-order valence-electron chi connectivity index (χ2n) is 6.61. The van der Waals surface area contributed by atoms with Crippen LogP contribution in [0.15, 0.2) is 67.0 Å². The third-order valence-corrected chi connectivity index (χ3v) is 5.09. The highest BCUT2D eigenvalue weighted by Crippen LogP contribution is 2.39. The molecule has 2 aliphatic rings. The fraction of sp³-hybridized carbons (Fsp3) is 0.182. The number of Topliss-reactive ketones (excluding diaryl/α,β-unsaturated/α-hetero) is 1. The maximum absolute atomic E-state index is 12.7. The van der Waals surface area contributed by atoms with Gasteiger partial charge in [-0.05, 0) is 17.2 Å². The maximum atomic E-state index is 12.7. The van der Waals surface area contributed by atoms with Gasteiger partial charge in [0.2, 0.25) is 11.8 Å². The molecule has 4 nitrogen and oxygen atoms in total. The Balaban J connectivity index is 0.00000180. The number of ketones is 1. The first-order valence-electron chi connectivity index (χ1n) is 8.83. The molecule has 0 saturated carbocycles. The van der Waals surface area contributed by atoms with Crippen LogP contribution in [0.2, 0.25) is 0 Å². The molecule has 0 bridgehead atoms. The first-order chi connectivity index (χ1) is 12.8. The summed E-state index contributed by atoms with van der Waals surface area (Å²) in [7, 11) is 0. The molecular formula is C22H18BrNO3. The van der Waals surface area contributed by atoms with Crippen LogP contribution in [0.3, 0.4) is 0 Å². The highest BCUT2D eigenvalue weighted by molar-refractivity contribution is 6.02. The van der Waals surface area contributed by atoms with Crippen molar-refractivity contribution in [2.75, 3.05) is 13.2 Å². The highest BCUT2D eigenvalue weighted by atomic mass is 79.9. The number of halogens is 1. The van der Waals surface area contributed by atoms with E-state index in [1.54, 1.807) is 0 Å². The van der Waals surface area contributed by atoms with Crippen LogP contribution in [0.25, 0.3) is 11.1 Å². The third-order valence-electron chi connectivity index (χ3n) is 5.09. The van der Waals surface area contributed by atoms with Gasteiger partial charge in [-0.2, -0.15) is 4.57 Å². The van der Waals surface area contributed by atoms with Crippen molar-refractivity contribution in [1.29, 1.82) is 0 Å². The molecule has 27 heavy (non-hydrogen) atoms. The molecule has 5 heteroatoms. The number of benzene rings is 2. The Morgan fingerprint density at radius 2 is 1.59 bits per heavy atom. The number of carbonyl (C=O) groups excluding carboxylic acids is 1. The zero-order valence-corrected chi connectivity index (χ0v) is 16.2. The number of nitrogens with zero attached hydrogens (tertiary/aromatic N) is 1. The van der Waals surface area contributed by atoms with Crippen molar-refractivity contribution < 1.29 is 35.8 Å². The molecule has 0 fully saturated rings. The van der Waals surface area contributed by atoms with Crippen molar-refractivity contribution in [2.45, 2.75) is 12.5 Å². The second kappa shape index (κ2) is 7.16. The lowest BCUT2D eigenvalue weighted by atomic mass is 10.0. The van der Waals surface area contributed by atoms with E-state index in [-0.39, 0.29) is 28.8 Å². The smallest absolute Gasteiger partial charge is 0.231 e. The average Bonchev–Trinajstić information content (AvgIpc) is 3.05. The summed E-state index contributed by atoms with van der Waals surface area (Å²) in [6.45, 7) is 1.14. The molecule has 2 aromatic carbocycles. The van der Waals surface area contributed by atoms with Crippen LogP contribution in [0.1, 0.15) is 22.0 Å². The van der Waals surface area contributed by atoms with Gasteiger partial charge in [0.1, 0.15) is 13.2 Å². The first-order valence-corrected chi connectivity index (χ1v) is 8.83. The summed E-state index contributed by atoms with van der Waals surface area (Å²) in [5, 5.41) is 0. The van der Waals surface area contributed by atoms with E-state index in [2.05, 4.69) is 0 Å². The Morgan fingerprint density at radius 3 is 2.41 bits per heavy atom. The number of carbonyl (C=O) groups is 1. The Kier molecular flexibility index (Phi) is 4.70. The van der Waals surface area contributed by atoms with Crippen molar-refractivity contribution in [1.82, 2.24) is 0 Å². The molecule has 1 aliphatic carbocycles. The van der Waals surface area contributed by atoms with E-state index in [4.69, 9.17) is 9.47 Å². The number of ether oxygens (including phenoxy) is 2. The molecule has 2 heterocycles. The number of para-hydroxylation sites is 1. The topological polar surface area (TPSA) is 39.4 Å². The van der Waals surface area contributed by atoms with Gasteiger partial charge in [0.25, 0.3) is 0 Å². The van der Waals surface area contributed by atoms with Crippen LogP contribution in [-0.4, -0.2) is 19.0 Å². The molecule has 0 radical (unpaired) electrons. The minimum Gasteiger partial charge on any atom is -1.00 e. The van der Waals surface area contributed by atoms with E-state index in [0.717, 1.165) is 40.2 Å². The van der Waals surface area contributed by atoms with E-state index in [1.165, 1.54) is 0 Å². The Labute approximate surface area is 168 Å². The minimum absolute atomic E-state index is 0. The highest BCUT2D eigenvalue weighted by Gasteiger charge is 2.36. The van der Waals surface area contributed by atoms with Gasteiger partial charge in [-0.3, -0.25) is 4.79 Å². The molecule has 0 spiro atoms. The third kappa shape index (κ3) is 3.02. The predicted molar refractivity (Wildman–Crippen MR) is 96.6 cm³/mol. The van der Waals surface area contributed by atoms with Crippen LogP contribution in [0.4, 0.5) is 0 Å². The molecule has 1 aromatic heterocycles. The van der Waals surface area contributed by atoms with Crippen molar-refractivity contribution in [3.8, 4) is 22.6 Å². The van der Waals surface area contributed by atoms with E-state index in [0.29, 0.717) is 13.2 Å². The van der Waals surface area contributed by atoms with Crippen molar-refractivity contribution in [2.24, 2.45) is 0 Å². The Hall–Kier alpha value is -2.66. The number of pyridine rings is 1. The number of rotatable bonds is 2. The molecular weight excluding hydrogens is 406 g/mol. The number of hydrogen-bond donors (Lipinski definition) is 0. The lowest BCUT2D eigenvalue weighted by Gasteiger charge is -2.20. The summed E-state index contributed by atoms with van der Waals surface area (Å²) in [6, 6.07) is 17.7. The number of aromatic nitrogens is 1. The molecule has 1 atom stereocenters. The van der Waals surface area contributed by atoms with Crippen LogP contribution in [-0.2, 0) is 6.42 Å². The van der Waals surface area contributed by atoms with Crippen molar-refractivity contribution >= 4 is 5.78 Å². The number of fused-ring (bicyclic) bond motifs is 2. The van der Waals surface area contributed by atoms with Gasteiger partial charge in [0, 0.05) is 29.7 Å². The summed E-state index contributed by atoms with van der Waals surface area (Å²) in [5.74, 6) is 1.76. The lowest BCUT2D eigenvalue weighted by molar-refractivity contribution is -0.706. The molecule has 0 N–H and O–H groups in total. The van der Waals surface area contributed by atoms with E-state index in [1.807, 2.05) is 71.6 Å². The van der Waals surface area contributed by atoms with Gasteiger partial charge in [-0.1, -0.05) is 36.4 Å². The second-order valence-corrected chi connectivity index (χ2v) is 6.61. The zero-order chi connectivity index (χ0) is 17.5. The monoisotopic (exact) mass is 423 g/mol. The van der Waals surface area contributed by atoms with Gasteiger partial charge in [-0.25, -0.2) is 0 Å². The summed E-state index contributed by atoms with van der Waals surface area (Å²) < 4.78 is 13.5. The SMILES string of the molecule is O=C1c2ccccc2CC1[n+]1ccc(-c2cccc3c2OCCO3)cc1.[Br-].